The molecular weight excluding hydrogens is 464 g/mol. The van der Waals surface area contributed by atoms with Crippen LogP contribution in [0.5, 0.6) is 5.75 Å². The summed E-state index contributed by atoms with van der Waals surface area (Å²) in [6, 6.07) is 19.9. The molecular formula is C31H34N2O4. The predicted octanol–water partition coefficient (Wildman–Crippen LogP) is 6.17. The largest absolute Gasteiger partial charge is 0.507 e. The third kappa shape index (κ3) is 4.96. The van der Waals surface area contributed by atoms with Crippen molar-refractivity contribution in [3.05, 3.63) is 94.6 Å². The number of nitrogens with zero attached hydrogens (tertiary/aromatic N) is 2. The van der Waals surface area contributed by atoms with E-state index in [0.717, 1.165) is 35.5 Å². The van der Waals surface area contributed by atoms with Crippen LogP contribution in [0.4, 0.5) is 11.4 Å². The van der Waals surface area contributed by atoms with E-state index >= 15 is 0 Å². The first-order chi connectivity index (χ1) is 17.8. The molecule has 6 heteroatoms. The third-order valence-electron chi connectivity index (χ3n) is 6.82. The number of aliphatic hydroxyl groups is 1. The van der Waals surface area contributed by atoms with E-state index in [1.54, 1.807) is 24.3 Å². The molecule has 0 spiro atoms. The number of carbonyl (C=O) groups is 2. The van der Waals surface area contributed by atoms with Crippen molar-refractivity contribution < 1.29 is 19.4 Å². The van der Waals surface area contributed by atoms with Crippen LogP contribution in [0.25, 0.3) is 5.76 Å². The number of ether oxygens (including phenoxy) is 1. The minimum absolute atomic E-state index is 0.0649. The Labute approximate surface area is 218 Å². The molecule has 0 radical (unpaired) electrons. The van der Waals surface area contributed by atoms with E-state index in [1.807, 2.05) is 63.2 Å². The summed E-state index contributed by atoms with van der Waals surface area (Å²) in [7, 11) is 0. The maximum absolute atomic E-state index is 13.5. The zero-order valence-corrected chi connectivity index (χ0v) is 22.1. The first kappa shape index (κ1) is 26.0. The second kappa shape index (κ2) is 10.9. The first-order valence-electron chi connectivity index (χ1n) is 12.8. The number of hydrogen-bond acceptors (Lipinski definition) is 5. The van der Waals surface area contributed by atoms with Crippen LogP contribution in [-0.4, -0.2) is 36.5 Å². The fourth-order valence-corrected chi connectivity index (χ4v) is 4.89. The molecule has 1 atom stereocenters. The van der Waals surface area contributed by atoms with Crippen LogP contribution in [0.2, 0.25) is 0 Å². The van der Waals surface area contributed by atoms with Gasteiger partial charge in [-0.1, -0.05) is 36.4 Å². The highest BCUT2D eigenvalue weighted by molar-refractivity contribution is 6.51. The molecule has 1 amide bonds. The molecule has 4 rings (SSSR count). The lowest BCUT2D eigenvalue weighted by molar-refractivity contribution is -0.132. The molecule has 1 N–H and O–H groups in total. The molecule has 1 aliphatic rings. The van der Waals surface area contributed by atoms with Crippen molar-refractivity contribution in [1.82, 2.24) is 0 Å². The van der Waals surface area contributed by atoms with Crippen LogP contribution in [0, 0.1) is 13.8 Å². The molecule has 1 heterocycles. The average Bonchev–Trinajstić information content (AvgIpc) is 3.16. The molecule has 0 bridgehead atoms. The monoisotopic (exact) mass is 498 g/mol. The van der Waals surface area contributed by atoms with Crippen molar-refractivity contribution in [3.63, 3.8) is 0 Å². The highest BCUT2D eigenvalue weighted by Crippen LogP contribution is 2.43. The SMILES string of the molecule is CCOc1cccc(/C(O)=C2\C(=O)C(=O)N(c3cc(C)ccc3C)C2c2ccc(N(CC)CC)cc2)c1. The van der Waals surface area contributed by atoms with Crippen LogP contribution in [0.15, 0.2) is 72.3 Å². The average molecular weight is 499 g/mol. The van der Waals surface area contributed by atoms with Crippen LogP contribution >= 0.6 is 0 Å². The Morgan fingerprint density at radius 2 is 1.65 bits per heavy atom. The van der Waals surface area contributed by atoms with Gasteiger partial charge in [0.2, 0.25) is 0 Å². The topological polar surface area (TPSA) is 70.1 Å². The second-order valence-corrected chi connectivity index (χ2v) is 9.18. The van der Waals surface area contributed by atoms with E-state index in [4.69, 9.17) is 4.74 Å². The van der Waals surface area contributed by atoms with Crippen LogP contribution in [0.1, 0.15) is 49.1 Å². The minimum atomic E-state index is -0.776. The number of rotatable bonds is 8. The van der Waals surface area contributed by atoms with Gasteiger partial charge in [0.1, 0.15) is 11.5 Å². The Morgan fingerprint density at radius 3 is 2.30 bits per heavy atom. The number of anilines is 2. The number of hydrogen-bond donors (Lipinski definition) is 1. The lowest BCUT2D eigenvalue weighted by atomic mass is 9.94. The third-order valence-corrected chi connectivity index (χ3v) is 6.82. The Morgan fingerprint density at radius 1 is 0.946 bits per heavy atom. The van der Waals surface area contributed by atoms with Crippen molar-refractivity contribution in [2.45, 2.75) is 40.7 Å². The summed E-state index contributed by atoms with van der Waals surface area (Å²) < 4.78 is 5.59. The molecule has 0 aromatic heterocycles. The molecule has 3 aromatic rings. The Bertz CT molecular complexity index is 1340. The summed E-state index contributed by atoms with van der Waals surface area (Å²) in [6.07, 6.45) is 0. The standard InChI is InChI=1S/C31H34N2O4/c1-6-32(7-2)24-16-14-22(15-17-24)28-27(29(34)23-10-9-11-25(19-23)37-8-3)30(35)31(36)33(28)26-18-20(4)12-13-21(26)5/h9-19,28,34H,6-8H2,1-5H3/b29-27+. The van der Waals surface area contributed by atoms with E-state index < -0.39 is 17.7 Å². The summed E-state index contributed by atoms with van der Waals surface area (Å²) >= 11 is 0. The summed E-state index contributed by atoms with van der Waals surface area (Å²) in [5.41, 5.74) is 4.80. The van der Waals surface area contributed by atoms with Crippen LogP contribution in [-0.2, 0) is 9.59 Å². The predicted molar refractivity (Wildman–Crippen MR) is 148 cm³/mol. The van der Waals surface area contributed by atoms with E-state index in [1.165, 1.54) is 4.90 Å². The molecule has 3 aromatic carbocycles. The smallest absolute Gasteiger partial charge is 0.300 e. The van der Waals surface area contributed by atoms with E-state index in [-0.39, 0.29) is 11.3 Å². The Kier molecular flexibility index (Phi) is 7.67. The van der Waals surface area contributed by atoms with Gasteiger partial charge >= 0.3 is 0 Å². The van der Waals surface area contributed by atoms with Crippen molar-refractivity contribution in [2.75, 3.05) is 29.5 Å². The molecule has 1 unspecified atom stereocenters. The lowest BCUT2D eigenvalue weighted by Gasteiger charge is -2.28. The van der Waals surface area contributed by atoms with E-state index in [0.29, 0.717) is 23.6 Å². The number of Topliss-reactive ketones (excluding diaryl/α,β-unsaturated/α-hetero) is 1. The van der Waals surface area contributed by atoms with Gasteiger partial charge in [0.05, 0.1) is 18.2 Å². The minimum Gasteiger partial charge on any atom is -0.507 e. The quantitative estimate of drug-likeness (QED) is 0.228. The number of aryl methyl sites for hydroxylation is 2. The van der Waals surface area contributed by atoms with E-state index in [2.05, 4.69) is 18.7 Å². The van der Waals surface area contributed by atoms with Crippen LogP contribution in [0.3, 0.4) is 0 Å². The normalized spacial score (nSPS) is 16.8. The Balaban J connectivity index is 1.92. The van der Waals surface area contributed by atoms with Gasteiger partial charge in [-0.25, -0.2) is 0 Å². The molecule has 37 heavy (non-hydrogen) atoms. The zero-order chi connectivity index (χ0) is 26.7. The van der Waals surface area contributed by atoms with Gasteiger partial charge in [0, 0.05) is 30.0 Å². The number of benzene rings is 3. The van der Waals surface area contributed by atoms with E-state index in [9.17, 15) is 14.7 Å². The van der Waals surface area contributed by atoms with Gasteiger partial charge < -0.3 is 14.7 Å². The van der Waals surface area contributed by atoms with Gasteiger partial charge in [-0.05, 0) is 81.6 Å². The molecule has 192 valence electrons. The fraction of sp³-hybridized carbons (Fsp3) is 0.290. The van der Waals surface area contributed by atoms with Gasteiger partial charge in [0.15, 0.2) is 0 Å². The summed E-state index contributed by atoms with van der Waals surface area (Å²) in [6.45, 7) is 12.2. The lowest BCUT2D eigenvalue weighted by Crippen LogP contribution is -2.30. The van der Waals surface area contributed by atoms with Crippen molar-refractivity contribution in [2.24, 2.45) is 0 Å². The number of amides is 1. The van der Waals surface area contributed by atoms with Crippen molar-refractivity contribution >= 4 is 28.8 Å². The van der Waals surface area contributed by atoms with Gasteiger partial charge in [-0.2, -0.15) is 0 Å². The van der Waals surface area contributed by atoms with Gasteiger partial charge in [0.25, 0.3) is 11.7 Å². The summed E-state index contributed by atoms with van der Waals surface area (Å²) in [5.74, 6) is -1.01. The zero-order valence-electron chi connectivity index (χ0n) is 22.1. The highest BCUT2D eigenvalue weighted by Gasteiger charge is 2.47. The molecule has 0 aliphatic carbocycles. The first-order valence-corrected chi connectivity index (χ1v) is 12.8. The van der Waals surface area contributed by atoms with Crippen LogP contribution < -0.4 is 14.5 Å². The maximum Gasteiger partial charge on any atom is 0.300 e. The number of carbonyl (C=O) groups excluding carboxylic acids is 2. The molecule has 1 aliphatic heterocycles. The fourth-order valence-electron chi connectivity index (χ4n) is 4.89. The van der Waals surface area contributed by atoms with Crippen molar-refractivity contribution in [3.8, 4) is 5.75 Å². The Hall–Kier alpha value is -4.06. The highest BCUT2D eigenvalue weighted by atomic mass is 16.5. The van der Waals surface area contributed by atoms with Gasteiger partial charge in [-0.15, -0.1) is 0 Å². The summed E-state index contributed by atoms with van der Waals surface area (Å²) in [4.78, 5) is 30.8. The number of aliphatic hydroxyl groups excluding tert-OH is 1. The molecule has 6 nitrogen and oxygen atoms in total. The number of ketones is 1. The summed E-state index contributed by atoms with van der Waals surface area (Å²) in [5, 5.41) is 11.5. The maximum atomic E-state index is 13.5. The molecule has 1 fully saturated rings. The van der Waals surface area contributed by atoms with Crippen molar-refractivity contribution in [1.29, 1.82) is 0 Å². The van der Waals surface area contributed by atoms with Gasteiger partial charge in [-0.3, -0.25) is 14.5 Å². The molecule has 1 saturated heterocycles. The second-order valence-electron chi connectivity index (χ2n) is 9.18. The molecule has 0 saturated carbocycles.